The lowest BCUT2D eigenvalue weighted by Gasteiger charge is -2.19. The van der Waals surface area contributed by atoms with Crippen LogP contribution in [0.2, 0.25) is 0 Å². The van der Waals surface area contributed by atoms with E-state index >= 15 is 0 Å². The number of halogens is 2. The van der Waals surface area contributed by atoms with Crippen molar-refractivity contribution in [1.29, 1.82) is 0 Å². The SMILES string of the molecule is CCN(CC)CCCNC(C)c1ccc(F)c(Br)c1. The molecule has 0 saturated heterocycles. The van der Waals surface area contributed by atoms with E-state index < -0.39 is 0 Å². The normalized spacial score (nSPS) is 12.9. The highest BCUT2D eigenvalue weighted by atomic mass is 79.9. The molecule has 0 bridgehead atoms. The van der Waals surface area contributed by atoms with Gasteiger partial charge in [0, 0.05) is 6.04 Å². The fraction of sp³-hybridized carbons (Fsp3) is 0.600. The fourth-order valence-electron chi connectivity index (χ4n) is 2.06. The van der Waals surface area contributed by atoms with Crippen molar-refractivity contribution >= 4 is 15.9 Å². The zero-order valence-electron chi connectivity index (χ0n) is 12.0. The molecule has 1 unspecified atom stereocenters. The molecular formula is C15H24BrFN2. The van der Waals surface area contributed by atoms with Gasteiger partial charge in [-0.1, -0.05) is 19.9 Å². The van der Waals surface area contributed by atoms with E-state index in [1.165, 1.54) is 6.07 Å². The average molecular weight is 331 g/mol. The third-order valence-corrected chi connectivity index (χ3v) is 4.05. The summed E-state index contributed by atoms with van der Waals surface area (Å²) >= 11 is 3.22. The van der Waals surface area contributed by atoms with Gasteiger partial charge in [-0.2, -0.15) is 0 Å². The first-order chi connectivity index (χ1) is 9.08. The Balaban J connectivity index is 2.34. The molecule has 1 aromatic carbocycles. The molecule has 0 aliphatic carbocycles. The lowest BCUT2D eigenvalue weighted by molar-refractivity contribution is 0.296. The smallest absolute Gasteiger partial charge is 0.137 e. The molecule has 19 heavy (non-hydrogen) atoms. The van der Waals surface area contributed by atoms with Crippen LogP contribution in [-0.2, 0) is 0 Å². The van der Waals surface area contributed by atoms with Crippen LogP contribution in [0.4, 0.5) is 4.39 Å². The van der Waals surface area contributed by atoms with Crippen molar-refractivity contribution in [3.63, 3.8) is 0 Å². The fourth-order valence-corrected chi connectivity index (χ4v) is 2.46. The first-order valence-electron chi connectivity index (χ1n) is 6.99. The number of hydrogen-bond acceptors (Lipinski definition) is 2. The van der Waals surface area contributed by atoms with Crippen molar-refractivity contribution in [1.82, 2.24) is 10.2 Å². The summed E-state index contributed by atoms with van der Waals surface area (Å²) in [5, 5.41) is 3.48. The van der Waals surface area contributed by atoms with E-state index in [0.29, 0.717) is 4.47 Å². The van der Waals surface area contributed by atoms with Crippen molar-refractivity contribution in [3.8, 4) is 0 Å². The number of rotatable bonds is 8. The molecule has 0 spiro atoms. The van der Waals surface area contributed by atoms with Gasteiger partial charge in [-0.15, -0.1) is 0 Å². The minimum atomic E-state index is -0.211. The molecule has 0 aliphatic rings. The molecule has 2 nitrogen and oxygen atoms in total. The standard InChI is InChI=1S/C15H24BrFN2/c1-4-19(5-2)10-6-9-18-12(3)13-7-8-15(17)14(16)11-13/h7-8,11-12,18H,4-6,9-10H2,1-3H3. The molecule has 1 rings (SSSR count). The molecule has 0 aromatic heterocycles. The Morgan fingerprint density at radius 3 is 2.58 bits per heavy atom. The predicted molar refractivity (Wildman–Crippen MR) is 82.9 cm³/mol. The van der Waals surface area contributed by atoms with Crippen molar-refractivity contribution in [2.24, 2.45) is 0 Å². The van der Waals surface area contributed by atoms with E-state index in [1.807, 2.05) is 12.1 Å². The van der Waals surface area contributed by atoms with Crippen LogP contribution >= 0.6 is 15.9 Å². The maximum absolute atomic E-state index is 13.2. The van der Waals surface area contributed by atoms with Crippen molar-refractivity contribution in [3.05, 3.63) is 34.1 Å². The zero-order chi connectivity index (χ0) is 14.3. The van der Waals surface area contributed by atoms with Crippen LogP contribution < -0.4 is 5.32 Å². The van der Waals surface area contributed by atoms with Gasteiger partial charge in [0.15, 0.2) is 0 Å². The first kappa shape index (κ1) is 16.6. The Labute approximate surface area is 124 Å². The molecule has 1 aromatic rings. The Kier molecular flexibility index (Phi) is 7.57. The molecule has 1 atom stereocenters. The molecule has 0 saturated carbocycles. The van der Waals surface area contributed by atoms with Gasteiger partial charge in [-0.25, -0.2) is 4.39 Å². The minimum Gasteiger partial charge on any atom is -0.310 e. The highest BCUT2D eigenvalue weighted by Gasteiger charge is 2.07. The molecule has 0 aliphatic heterocycles. The molecule has 0 heterocycles. The maximum atomic E-state index is 13.2. The van der Waals surface area contributed by atoms with Crippen LogP contribution in [-0.4, -0.2) is 31.1 Å². The zero-order valence-corrected chi connectivity index (χ0v) is 13.6. The molecule has 0 amide bonds. The van der Waals surface area contributed by atoms with Gasteiger partial charge in [-0.3, -0.25) is 0 Å². The molecule has 108 valence electrons. The van der Waals surface area contributed by atoms with E-state index in [1.54, 1.807) is 0 Å². The summed E-state index contributed by atoms with van der Waals surface area (Å²) in [5.41, 5.74) is 1.11. The second kappa shape index (κ2) is 8.67. The summed E-state index contributed by atoms with van der Waals surface area (Å²) < 4.78 is 13.7. The van der Waals surface area contributed by atoms with Crippen LogP contribution in [0, 0.1) is 5.82 Å². The van der Waals surface area contributed by atoms with E-state index in [-0.39, 0.29) is 11.9 Å². The van der Waals surface area contributed by atoms with E-state index in [2.05, 4.69) is 46.9 Å². The Hall–Kier alpha value is -0.450. The van der Waals surface area contributed by atoms with Crippen LogP contribution in [0.3, 0.4) is 0 Å². The lowest BCUT2D eigenvalue weighted by Crippen LogP contribution is -2.28. The van der Waals surface area contributed by atoms with Gasteiger partial charge in [0.05, 0.1) is 4.47 Å². The lowest BCUT2D eigenvalue weighted by atomic mass is 10.1. The molecule has 0 radical (unpaired) electrons. The number of nitrogens with zero attached hydrogens (tertiary/aromatic N) is 1. The Bertz CT molecular complexity index is 380. The third-order valence-electron chi connectivity index (χ3n) is 3.44. The van der Waals surface area contributed by atoms with Crippen LogP contribution in [0.15, 0.2) is 22.7 Å². The average Bonchev–Trinajstić information content (AvgIpc) is 2.42. The van der Waals surface area contributed by atoms with Gasteiger partial charge in [-0.05, 0) is 73.1 Å². The third kappa shape index (κ3) is 5.59. The van der Waals surface area contributed by atoms with Crippen molar-refractivity contribution in [2.75, 3.05) is 26.2 Å². The van der Waals surface area contributed by atoms with Gasteiger partial charge in [0.2, 0.25) is 0 Å². The molecule has 1 N–H and O–H groups in total. The Morgan fingerprint density at radius 2 is 2.00 bits per heavy atom. The molecule has 4 heteroatoms. The summed E-state index contributed by atoms with van der Waals surface area (Å²) in [6, 6.07) is 5.43. The second-order valence-corrected chi connectivity index (χ2v) is 5.58. The summed E-state index contributed by atoms with van der Waals surface area (Å²) in [6.07, 6.45) is 1.13. The van der Waals surface area contributed by atoms with Gasteiger partial charge < -0.3 is 10.2 Å². The summed E-state index contributed by atoms with van der Waals surface area (Å²) in [7, 11) is 0. The van der Waals surface area contributed by atoms with Crippen LogP contribution in [0.25, 0.3) is 0 Å². The van der Waals surface area contributed by atoms with Gasteiger partial charge in [0.1, 0.15) is 5.82 Å². The summed E-state index contributed by atoms with van der Waals surface area (Å²) in [4.78, 5) is 2.42. The highest BCUT2D eigenvalue weighted by Crippen LogP contribution is 2.21. The summed E-state index contributed by atoms with van der Waals surface area (Å²) in [5.74, 6) is -0.211. The Morgan fingerprint density at radius 1 is 1.32 bits per heavy atom. The van der Waals surface area contributed by atoms with Crippen molar-refractivity contribution < 1.29 is 4.39 Å². The van der Waals surface area contributed by atoms with Crippen molar-refractivity contribution in [2.45, 2.75) is 33.2 Å². The predicted octanol–water partition coefficient (Wildman–Crippen LogP) is 3.97. The monoisotopic (exact) mass is 330 g/mol. The largest absolute Gasteiger partial charge is 0.310 e. The number of hydrogen-bond donors (Lipinski definition) is 1. The first-order valence-corrected chi connectivity index (χ1v) is 7.78. The molecule has 0 fully saturated rings. The van der Waals surface area contributed by atoms with Crippen LogP contribution in [0.5, 0.6) is 0 Å². The number of benzene rings is 1. The van der Waals surface area contributed by atoms with Crippen LogP contribution in [0.1, 0.15) is 38.8 Å². The topological polar surface area (TPSA) is 15.3 Å². The molecular weight excluding hydrogens is 307 g/mol. The number of nitrogens with one attached hydrogen (secondary N) is 1. The minimum absolute atomic E-state index is 0.211. The van der Waals surface area contributed by atoms with E-state index in [9.17, 15) is 4.39 Å². The van der Waals surface area contributed by atoms with E-state index in [0.717, 1.165) is 38.2 Å². The van der Waals surface area contributed by atoms with Gasteiger partial charge in [0.25, 0.3) is 0 Å². The van der Waals surface area contributed by atoms with Gasteiger partial charge >= 0.3 is 0 Å². The quantitative estimate of drug-likeness (QED) is 0.725. The summed E-state index contributed by atoms with van der Waals surface area (Å²) in [6.45, 7) is 10.8. The highest BCUT2D eigenvalue weighted by molar-refractivity contribution is 9.10. The maximum Gasteiger partial charge on any atom is 0.137 e. The second-order valence-electron chi connectivity index (χ2n) is 4.73. The van der Waals surface area contributed by atoms with E-state index in [4.69, 9.17) is 0 Å².